The molecule has 1 rings (SSSR count). The fourth-order valence-electron chi connectivity index (χ4n) is 2.42. The zero-order valence-corrected chi connectivity index (χ0v) is 11.8. The van der Waals surface area contributed by atoms with E-state index < -0.39 is 0 Å². The molecule has 0 spiro atoms. The molecule has 0 saturated carbocycles. The van der Waals surface area contributed by atoms with Crippen LogP contribution in [0.1, 0.15) is 34.1 Å². The van der Waals surface area contributed by atoms with Gasteiger partial charge in [0.25, 0.3) is 0 Å². The van der Waals surface area contributed by atoms with E-state index in [0.29, 0.717) is 24.5 Å². The highest BCUT2D eigenvalue weighted by Crippen LogP contribution is 2.20. The molecule has 0 bridgehead atoms. The fourth-order valence-corrected chi connectivity index (χ4v) is 2.42. The number of nitrogens with one attached hydrogen (secondary N) is 2. The summed E-state index contributed by atoms with van der Waals surface area (Å²) < 4.78 is 0. The molecule has 0 radical (unpaired) electrons. The minimum atomic E-state index is 0.0961. The molecule has 1 amide bonds. The molecule has 4 heteroatoms. The number of carbonyl (C=O) groups is 1. The summed E-state index contributed by atoms with van der Waals surface area (Å²) in [7, 11) is 2.17. The monoisotopic (exact) mass is 241 g/mol. The molecule has 1 aliphatic rings. The second kappa shape index (κ2) is 6.36. The van der Waals surface area contributed by atoms with E-state index in [-0.39, 0.29) is 11.9 Å². The fraction of sp³-hybridized carbons (Fsp3) is 0.923. The number of amides is 1. The van der Waals surface area contributed by atoms with E-state index in [0.717, 1.165) is 13.0 Å². The third-order valence-corrected chi connectivity index (χ3v) is 3.58. The van der Waals surface area contributed by atoms with E-state index in [2.05, 4.69) is 36.4 Å². The Balaban J connectivity index is 2.33. The summed E-state index contributed by atoms with van der Waals surface area (Å²) >= 11 is 0. The molecule has 1 heterocycles. The summed E-state index contributed by atoms with van der Waals surface area (Å²) in [6.45, 7) is 10.00. The molecule has 3 atom stereocenters. The Hall–Kier alpha value is -0.610. The zero-order valence-electron chi connectivity index (χ0n) is 11.8. The van der Waals surface area contributed by atoms with Crippen molar-refractivity contribution in [3.05, 3.63) is 0 Å². The van der Waals surface area contributed by atoms with Gasteiger partial charge in [-0.05, 0) is 40.2 Å². The predicted octanol–water partition coefficient (Wildman–Crippen LogP) is 0.829. The van der Waals surface area contributed by atoms with Crippen LogP contribution in [0.15, 0.2) is 0 Å². The number of likely N-dealkylation sites (tertiary alicyclic amines) is 1. The van der Waals surface area contributed by atoms with Crippen LogP contribution < -0.4 is 10.6 Å². The molecular weight excluding hydrogens is 214 g/mol. The molecule has 0 unspecified atom stereocenters. The van der Waals surface area contributed by atoms with Gasteiger partial charge in [0.05, 0.1) is 6.54 Å². The van der Waals surface area contributed by atoms with Crippen LogP contribution in [0.2, 0.25) is 0 Å². The van der Waals surface area contributed by atoms with Crippen LogP contribution in [-0.4, -0.2) is 49.1 Å². The lowest BCUT2D eigenvalue weighted by Crippen LogP contribution is -2.52. The molecule has 2 N–H and O–H groups in total. The topological polar surface area (TPSA) is 44.4 Å². The number of rotatable bonds is 4. The van der Waals surface area contributed by atoms with E-state index in [4.69, 9.17) is 0 Å². The van der Waals surface area contributed by atoms with E-state index in [1.807, 2.05) is 13.8 Å². The summed E-state index contributed by atoms with van der Waals surface area (Å²) in [6.07, 6.45) is 1.12. The summed E-state index contributed by atoms with van der Waals surface area (Å²) in [5, 5.41) is 6.29. The number of hydrogen-bond donors (Lipinski definition) is 2. The predicted molar refractivity (Wildman–Crippen MR) is 70.9 cm³/mol. The van der Waals surface area contributed by atoms with Crippen LogP contribution >= 0.6 is 0 Å². The third kappa shape index (κ3) is 4.64. The van der Waals surface area contributed by atoms with Crippen molar-refractivity contribution < 1.29 is 4.79 Å². The Morgan fingerprint density at radius 1 is 1.41 bits per heavy atom. The van der Waals surface area contributed by atoms with Gasteiger partial charge in [-0.25, -0.2) is 0 Å². The highest BCUT2D eigenvalue weighted by Gasteiger charge is 2.28. The Kier molecular flexibility index (Phi) is 5.40. The molecule has 0 aromatic heterocycles. The largest absolute Gasteiger partial charge is 0.353 e. The maximum atomic E-state index is 11.6. The van der Waals surface area contributed by atoms with Crippen LogP contribution in [0.3, 0.4) is 0 Å². The van der Waals surface area contributed by atoms with Crippen LogP contribution in [0.25, 0.3) is 0 Å². The molecule has 4 nitrogen and oxygen atoms in total. The second-order valence-corrected chi connectivity index (χ2v) is 5.71. The Bertz CT molecular complexity index is 255. The van der Waals surface area contributed by atoms with Gasteiger partial charge in [-0.15, -0.1) is 0 Å². The van der Waals surface area contributed by atoms with Gasteiger partial charge >= 0.3 is 0 Å². The number of piperidine rings is 1. The SMILES string of the molecule is CC(C)NC(=O)CN[C@@H]1C[C@H](C)N(C)C[C@@H]1C. The third-order valence-electron chi connectivity index (χ3n) is 3.58. The van der Waals surface area contributed by atoms with Crippen LogP contribution in [0, 0.1) is 5.92 Å². The maximum absolute atomic E-state index is 11.6. The van der Waals surface area contributed by atoms with Gasteiger partial charge in [0.15, 0.2) is 0 Å². The minimum Gasteiger partial charge on any atom is -0.353 e. The van der Waals surface area contributed by atoms with Crippen molar-refractivity contribution in [3.63, 3.8) is 0 Å². The molecule has 17 heavy (non-hydrogen) atoms. The molecular formula is C13H27N3O. The van der Waals surface area contributed by atoms with Crippen molar-refractivity contribution >= 4 is 5.91 Å². The average Bonchev–Trinajstić information content (AvgIpc) is 2.20. The van der Waals surface area contributed by atoms with Gasteiger partial charge in [-0.2, -0.15) is 0 Å². The smallest absolute Gasteiger partial charge is 0.234 e. The first kappa shape index (κ1) is 14.5. The van der Waals surface area contributed by atoms with Crippen LogP contribution in [-0.2, 0) is 4.79 Å². The van der Waals surface area contributed by atoms with Crippen molar-refractivity contribution in [1.29, 1.82) is 0 Å². The van der Waals surface area contributed by atoms with Crippen LogP contribution in [0.4, 0.5) is 0 Å². The first-order valence-corrected chi connectivity index (χ1v) is 6.63. The first-order valence-electron chi connectivity index (χ1n) is 6.63. The maximum Gasteiger partial charge on any atom is 0.234 e. The van der Waals surface area contributed by atoms with Gasteiger partial charge in [0, 0.05) is 24.7 Å². The van der Waals surface area contributed by atoms with Crippen molar-refractivity contribution in [2.24, 2.45) is 5.92 Å². The lowest BCUT2D eigenvalue weighted by atomic mass is 9.90. The van der Waals surface area contributed by atoms with Gasteiger partial charge < -0.3 is 15.5 Å². The molecule has 1 fully saturated rings. The highest BCUT2D eigenvalue weighted by molar-refractivity contribution is 5.78. The van der Waals surface area contributed by atoms with E-state index in [1.165, 1.54) is 0 Å². The number of nitrogens with zero attached hydrogens (tertiary/aromatic N) is 1. The highest BCUT2D eigenvalue weighted by atomic mass is 16.1. The number of hydrogen-bond acceptors (Lipinski definition) is 3. The molecule has 0 aromatic rings. The molecule has 1 aliphatic heterocycles. The standard InChI is InChI=1S/C13H27N3O/c1-9(2)15-13(17)7-14-12-6-11(4)16(5)8-10(12)3/h9-12,14H,6-8H2,1-5H3,(H,15,17)/t10-,11-,12+/m0/s1. The van der Waals surface area contributed by atoms with Crippen molar-refractivity contribution in [1.82, 2.24) is 15.5 Å². The van der Waals surface area contributed by atoms with Gasteiger partial charge in [0.1, 0.15) is 0 Å². The summed E-state index contributed by atoms with van der Waals surface area (Å²) in [4.78, 5) is 14.0. The zero-order chi connectivity index (χ0) is 13.0. The van der Waals surface area contributed by atoms with E-state index >= 15 is 0 Å². The van der Waals surface area contributed by atoms with Crippen LogP contribution in [0.5, 0.6) is 0 Å². The van der Waals surface area contributed by atoms with Gasteiger partial charge in [0.2, 0.25) is 5.91 Å². The normalized spacial score (nSPS) is 30.6. The van der Waals surface area contributed by atoms with Crippen molar-refractivity contribution in [2.45, 2.75) is 52.2 Å². The summed E-state index contributed by atoms with van der Waals surface area (Å²) in [6, 6.07) is 1.27. The van der Waals surface area contributed by atoms with Crippen molar-refractivity contribution in [3.8, 4) is 0 Å². The average molecular weight is 241 g/mol. The quantitative estimate of drug-likeness (QED) is 0.766. The Labute approximate surface area is 105 Å². The molecule has 1 saturated heterocycles. The molecule has 100 valence electrons. The van der Waals surface area contributed by atoms with Gasteiger partial charge in [-0.1, -0.05) is 6.92 Å². The van der Waals surface area contributed by atoms with E-state index in [1.54, 1.807) is 0 Å². The summed E-state index contributed by atoms with van der Waals surface area (Å²) in [5.74, 6) is 0.696. The van der Waals surface area contributed by atoms with E-state index in [9.17, 15) is 4.79 Å². The first-order chi connectivity index (χ1) is 7.90. The second-order valence-electron chi connectivity index (χ2n) is 5.71. The van der Waals surface area contributed by atoms with Crippen molar-refractivity contribution in [2.75, 3.05) is 20.1 Å². The Morgan fingerprint density at radius 2 is 2.06 bits per heavy atom. The lowest BCUT2D eigenvalue weighted by molar-refractivity contribution is -0.121. The minimum absolute atomic E-state index is 0.0961. The van der Waals surface area contributed by atoms with Gasteiger partial charge in [-0.3, -0.25) is 4.79 Å². The number of carbonyl (C=O) groups excluding carboxylic acids is 1. The lowest BCUT2D eigenvalue weighted by Gasteiger charge is -2.40. The Morgan fingerprint density at radius 3 is 2.65 bits per heavy atom. The molecule has 0 aromatic carbocycles. The summed E-state index contributed by atoms with van der Waals surface area (Å²) in [5.41, 5.74) is 0. The molecule has 0 aliphatic carbocycles.